The fourth-order valence-corrected chi connectivity index (χ4v) is 2.64. The van der Waals surface area contributed by atoms with Crippen molar-refractivity contribution < 1.29 is 4.39 Å². The minimum Gasteiger partial charge on any atom is -0.369 e. The van der Waals surface area contributed by atoms with Gasteiger partial charge in [0.2, 0.25) is 5.95 Å². The summed E-state index contributed by atoms with van der Waals surface area (Å²) < 4.78 is 13.4. The fraction of sp³-hybridized carbons (Fsp3) is 0.200. The first-order valence-electron chi connectivity index (χ1n) is 8.56. The van der Waals surface area contributed by atoms with Gasteiger partial charge in [0, 0.05) is 30.4 Å². The van der Waals surface area contributed by atoms with Crippen LogP contribution in [0.25, 0.3) is 11.3 Å². The van der Waals surface area contributed by atoms with Crippen LogP contribution in [0.5, 0.6) is 0 Å². The van der Waals surface area contributed by atoms with Crippen LogP contribution in [-0.2, 0) is 0 Å². The Morgan fingerprint density at radius 2 is 1.81 bits per heavy atom. The lowest BCUT2D eigenvalue weighted by Gasteiger charge is -2.13. The Morgan fingerprint density at radius 1 is 1.04 bits per heavy atom. The van der Waals surface area contributed by atoms with E-state index in [1.807, 2.05) is 50.5 Å². The summed E-state index contributed by atoms with van der Waals surface area (Å²) in [6.07, 6.45) is 0. The lowest BCUT2D eigenvalue weighted by molar-refractivity contribution is 0.425. The molecule has 0 fully saturated rings. The van der Waals surface area contributed by atoms with Crippen molar-refractivity contribution in [1.29, 1.82) is 0 Å². The third kappa shape index (κ3) is 5.39. The van der Waals surface area contributed by atoms with Crippen LogP contribution in [0.3, 0.4) is 0 Å². The number of rotatable bonds is 7. The number of halogens is 2. The van der Waals surface area contributed by atoms with Crippen molar-refractivity contribution in [3.8, 4) is 11.3 Å². The second kappa shape index (κ2) is 8.79. The molecule has 140 valence electrons. The van der Waals surface area contributed by atoms with E-state index in [1.54, 1.807) is 6.07 Å². The first-order valence-corrected chi connectivity index (χ1v) is 8.94. The number of likely N-dealkylation sites (N-methyl/N-ethyl adjacent to an activating group) is 1. The number of anilines is 3. The van der Waals surface area contributed by atoms with Crippen molar-refractivity contribution in [2.45, 2.75) is 0 Å². The van der Waals surface area contributed by atoms with E-state index in [1.165, 1.54) is 12.1 Å². The molecule has 3 rings (SSSR count). The average Bonchev–Trinajstić information content (AvgIpc) is 2.65. The van der Waals surface area contributed by atoms with E-state index in [4.69, 9.17) is 11.6 Å². The number of benzene rings is 2. The normalized spacial score (nSPS) is 10.9. The van der Waals surface area contributed by atoms with Crippen LogP contribution in [0.4, 0.5) is 21.8 Å². The van der Waals surface area contributed by atoms with Gasteiger partial charge in [0.1, 0.15) is 11.6 Å². The molecule has 0 aliphatic rings. The molecule has 3 aromatic rings. The minimum atomic E-state index is -0.466. The molecule has 0 spiro atoms. The molecule has 7 heteroatoms. The molecule has 0 saturated heterocycles. The number of hydrogen-bond acceptors (Lipinski definition) is 5. The maximum Gasteiger partial charge on any atom is 0.229 e. The molecule has 1 heterocycles. The molecule has 1 aromatic heterocycles. The first-order chi connectivity index (χ1) is 13.0. The molecular weight excluding hydrogens is 365 g/mol. The zero-order valence-corrected chi connectivity index (χ0v) is 16.0. The third-order valence-corrected chi connectivity index (χ3v) is 4.13. The maximum atomic E-state index is 13.4. The smallest absolute Gasteiger partial charge is 0.229 e. The Balaban J connectivity index is 1.90. The highest BCUT2D eigenvalue weighted by Crippen LogP contribution is 2.25. The van der Waals surface area contributed by atoms with Gasteiger partial charge in [-0.3, -0.25) is 0 Å². The topological polar surface area (TPSA) is 53.1 Å². The average molecular weight is 386 g/mol. The van der Waals surface area contributed by atoms with Crippen molar-refractivity contribution in [1.82, 2.24) is 14.9 Å². The fourth-order valence-electron chi connectivity index (χ4n) is 2.46. The van der Waals surface area contributed by atoms with Crippen LogP contribution in [0.15, 0.2) is 54.6 Å². The highest BCUT2D eigenvalue weighted by Gasteiger charge is 2.08. The lowest BCUT2D eigenvalue weighted by atomic mass is 10.1. The number of aromatic nitrogens is 2. The molecule has 0 saturated carbocycles. The molecule has 0 bridgehead atoms. The molecular formula is C20H21ClFN5. The van der Waals surface area contributed by atoms with E-state index < -0.39 is 5.82 Å². The molecule has 5 nitrogen and oxygen atoms in total. The molecule has 2 N–H and O–H groups in total. The number of hydrogen-bond donors (Lipinski definition) is 2. The molecule has 0 unspecified atom stereocenters. The predicted octanol–water partition coefficient (Wildman–Crippen LogP) is 4.65. The van der Waals surface area contributed by atoms with Gasteiger partial charge in [-0.2, -0.15) is 4.98 Å². The van der Waals surface area contributed by atoms with Crippen LogP contribution in [0.2, 0.25) is 5.02 Å². The highest BCUT2D eigenvalue weighted by molar-refractivity contribution is 6.31. The highest BCUT2D eigenvalue weighted by atomic mass is 35.5. The summed E-state index contributed by atoms with van der Waals surface area (Å²) in [6.45, 7) is 1.63. The van der Waals surface area contributed by atoms with E-state index in [9.17, 15) is 4.39 Å². The summed E-state index contributed by atoms with van der Waals surface area (Å²) in [5.41, 5.74) is 2.38. The van der Waals surface area contributed by atoms with Gasteiger partial charge in [0.15, 0.2) is 0 Å². The van der Waals surface area contributed by atoms with Gasteiger partial charge in [0.05, 0.1) is 10.7 Å². The standard InChI is InChI=1S/C20H21ClFN5/c1-27(2)11-10-23-19-13-18(14-6-4-3-5-7-14)25-20(26-19)24-15-8-9-17(22)16(21)12-15/h3-9,12-13H,10-11H2,1-2H3,(H2,23,24,25,26). The Bertz CT molecular complexity index is 902. The van der Waals surface area contributed by atoms with Crippen LogP contribution < -0.4 is 10.6 Å². The van der Waals surface area contributed by atoms with Crippen molar-refractivity contribution in [2.24, 2.45) is 0 Å². The van der Waals surface area contributed by atoms with Crippen molar-refractivity contribution in [3.05, 3.63) is 65.4 Å². The molecule has 0 amide bonds. The van der Waals surface area contributed by atoms with Crippen molar-refractivity contribution >= 4 is 29.1 Å². The Kier molecular flexibility index (Phi) is 6.21. The van der Waals surface area contributed by atoms with Crippen LogP contribution >= 0.6 is 11.6 Å². The summed E-state index contributed by atoms with van der Waals surface area (Å²) in [5.74, 6) is 0.653. The Morgan fingerprint density at radius 3 is 2.52 bits per heavy atom. The van der Waals surface area contributed by atoms with Crippen LogP contribution in [0, 0.1) is 5.82 Å². The minimum absolute atomic E-state index is 0.0449. The van der Waals surface area contributed by atoms with E-state index in [-0.39, 0.29) is 5.02 Å². The van der Waals surface area contributed by atoms with Crippen LogP contribution in [0.1, 0.15) is 0 Å². The molecule has 0 atom stereocenters. The monoisotopic (exact) mass is 385 g/mol. The third-order valence-electron chi connectivity index (χ3n) is 3.84. The van der Waals surface area contributed by atoms with E-state index in [2.05, 4.69) is 25.5 Å². The molecule has 0 aliphatic heterocycles. The molecule has 27 heavy (non-hydrogen) atoms. The van der Waals surface area contributed by atoms with Gasteiger partial charge in [-0.25, -0.2) is 9.37 Å². The van der Waals surface area contributed by atoms with Gasteiger partial charge in [0.25, 0.3) is 0 Å². The summed E-state index contributed by atoms with van der Waals surface area (Å²) in [7, 11) is 4.03. The van der Waals surface area contributed by atoms with E-state index in [0.29, 0.717) is 17.5 Å². The van der Waals surface area contributed by atoms with Gasteiger partial charge in [-0.15, -0.1) is 0 Å². The molecule has 0 radical (unpaired) electrons. The second-order valence-corrected chi connectivity index (χ2v) is 6.72. The number of nitrogens with one attached hydrogen (secondary N) is 2. The second-order valence-electron chi connectivity index (χ2n) is 6.31. The quantitative estimate of drug-likeness (QED) is 0.619. The summed E-state index contributed by atoms with van der Waals surface area (Å²) in [4.78, 5) is 11.2. The first kappa shape index (κ1) is 19.1. The van der Waals surface area contributed by atoms with Gasteiger partial charge < -0.3 is 15.5 Å². The van der Waals surface area contributed by atoms with Gasteiger partial charge in [-0.05, 0) is 32.3 Å². The summed E-state index contributed by atoms with van der Waals surface area (Å²) in [5, 5.41) is 6.46. The Hall–Kier alpha value is -2.70. The predicted molar refractivity (Wildman–Crippen MR) is 109 cm³/mol. The van der Waals surface area contributed by atoms with Gasteiger partial charge >= 0.3 is 0 Å². The molecule has 0 aliphatic carbocycles. The zero-order chi connectivity index (χ0) is 19.2. The number of nitrogens with zero attached hydrogens (tertiary/aromatic N) is 3. The maximum absolute atomic E-state index is 13.4. The molecule has 2 aromatic carbocycles. The van der Waals surface area contributed by atoms with E-state index >= 15 is 0 Å². The Labute approximate surface area is 163 Å². The van der Waals surface area contributed by atoms with E-state index in [0.717, 1.165) is 24.3 Å². The van der Waals surface area contributed by atoms with Crippen molar-refractivity contribution in [2.75, 3.05) is 37.8 Å². The summed E-state index contributed by atoms with van der Waals surface area (Å²) >= 11 is 5.86. The van der Waals surface area contributed by atoms with Crippen LogP contribution in [-0.4, -0.2) is 42.1 Å². The van der Waals surface area contributed by atoms with Gasteiger partial charge in [-0.1, -0.05) is 41.9 Å². The summed E-state index contributed by atoms with van der Waals surface area (Å²) in [6, 6.07) is 16.2. The van der Waals surface area contributed by atoms with Crippen molar-refractivity contribution in [3.63, 3.8) is 0 Å². The lowest BCUT2D eigenvalue weighted by Crippen LogP contribution is -2.21. The SMILES string of the molecule is CN(C)CCNc1cc(-c2ccccc2)nc(Nc2ccc(F)c(Cl)c2)n1. The zero-order valence-electron chi connectivity index (χ0n) is 15.2. The largest absolute Gasteiger partial charge is 0.369 e.